The van der Waals surface area contributed by atoms with E-state index in [2.05, 4.69) is 0 Å². The van der Waals surface area contributed by atoms with Crippen LogP contribution in [-0.2, 0) is 4.79 Å². The quantitative estimate of drug-likeness (QED) is 0.786. The van der Waals surface area contributed by atoms with E-state index in [1.54, 1.807) is 5.32 Å². The van der Waals surface area contributed by atoms with Crippen molar-refractivity contribution in [2.24, 2.45) is 5.92 Å². The number of halogens is 5. The maximum atomic E-state index is 12.7. The Kier molecular flexibility index (Phi) is 4.55. The van der Waals surface area contributed by atoms with Crippen molar-refractivity contribution in [1.82, 2.24) is 5.32 Å². The van der Waals surface area contributed by atoms with E-state index < -0.39 is 24.0 Å². The van der Waals surface area contributed by atoms with Crippen LogP contribution in [0.4, 0.5) is 22.0 Å². The Bertz CT molecular complexity index is 296. The van der Waals surface area contributed by atoms with E-state index in [0.717, 1.165) is 32.1 Å². The molecule has 7 heteroatoms. The summed E-state index contributed by atoms with van der Waals surface area (Å²) in [6.45, 7) is 1.47. The summed E-state index contributed by atoms with van der Waals surface area (Å²) in [7, 11) is 0. The fourth-order valence-electron chi connectivity index (χ4n) is 2.18. The third kappa shape index (κ3) is 3.32. The Balaban J connectivity index is 2.58. The molecule has 1 N–H and O–H groups in total. The van der Waals surface area contributed by atoms with Gasteiger partial charge in [0.15, 0.2) is 0 Å². The number of carbonyl (C=O) groups is 1. The average Bonchev–Trinajstić information content (AvgIpc) is 2.28. The normalized spacial score (nSPS) is 20.6. The van der Waals surface area contributed by atoms with Crippen LogP contribution in [0, 0.1) is 5.92 Å². The molecule has 0 bridgehead atoms. The van der Waals surface area contributed by atoms with Crippen LogP contribution in [0.5, 0.6) is 0 Å². The van der Waals surface area contributed by atoms with Crippen molar-refractivity contribution >= 4 is 5.91 Å². The molecule has 0 aromatic rings. The lowest BCUT2D eigenvalue weighted by Gasteiger charge is -2.29. The van der Waals surface area contributed by atoms with Gasteiger partial charge in [-0.3, -0.25) is 4.79 Å². The van der Waals surface area contributed by atoms with Crippen molar-refractivity contribution < 1.29 is 26.7 Å². The molecule has 1 amide bonds. The Morgan fingerprint density at radius 1 is 1.11 bits per heavy atom. The van der Waals surface area contributed by atoms with Crippen molar-refractivity contribution in [1.29, 1.82) is 0 Å². The van der Waals surface area contributed by atoms with Crippen LogP contribution in [-0.4, -0.2) is 24.0 Å². The highest BCUT2D eigenvalue weighted by molar-refractivity contribution is 5.84. The molecule has 1 atom stereocenters. The van der Waals surface area contributed by atoms with E-state index >= 15 is 0 Å². The standard InChI is InChI=1S/C11H16F5NO/c1-7(8-5-3-2-4-6-8)17-9(18)10(12,13)11(14,15)16/h7-8H,2-6H2,1H3,(H,17,18)/t7-/m0/s1. The second-order valence-corrected chi connectivity index (χ2v) is 4.73. The van der Waals surface area contributed by atoms with Crippen LogP contribution in [0.3, 0.4) is 0 Å². The molecule has 0 aromatic heterocycles. The van der Waals surface area contributed by atoms with Crippen LogP contribution >= 0.6 is 0 Å². The monoisotopic (exact) mass is 273 g/mol. The Labute approximate surface area is 102 Å². The molecule has 0 aromatic carbocycles. The van der Waals surface area contributed by atoms with Crippen LogP contribution in [0.15, 0.2) is 0 Å². The van der Waals surface area contributed by atoms with Gasteiger partial charge in [0, 0.05) is 6.04 Å². The lowest BCUT2D eigenvalue weighted by Crippen LogP contribution is -2.53. The van der Waals surface area contributed by atoms with Crippen LogP contribution < -0.4 is 5.32 Å². The van der Waals surface area contributed by atoms with Gasteiger partial charge in [0.25, 0.3) is 0 Å². The average molecular weight is 273 g/mol. The third-order valence-electron chi connectivity index (χ3n) is 3.36. The first-order valence-electron chi connectivity index (χ1n) is 5.91. The Morgan fingerprint density at radius 3 is 2.06 bits per heavy atom. The summed E-state index contributed by atoms with van der Waals surface area (Å²) in [6.07, 6.45) is -1.47. The molecule has 0 heterocycles. The predicted octanol–water partition coefficient (Wildman–Crippen LogP) is 3.27. The fourth-order valence-corrected chi connectivity index (χ4v) is 2.18. The van der Waals surface area contributed by atoms with Crippen molar-refractivity contribution in [3.63, 3.8) is 0 Å². The SMILES string of the molecule is C[C@H](NC(=O)C(F)(F)C(F)(F)F)C1CCCCC1. The molecule has 0 saturated heterocycles. The van der Waals surface area contributed by atoms with E-state index in [4.69, 9.17) is 0 Å². The minimum Gasteiger partial charge on any atom is -0.348 e. The summed E-state index contributed by atoms with van der Waals surface area (Å²) in [5.74, 6) is -7.60. The highest BCUT2D eigenvalue weighted by atomic mass is 19.4. The third-order valence-corrected chi connectivity index (χ3v) is 3.36. The molecule has 1 rings (SSSR count). The van der Waals surface area contributed by atoms with Gasteiger partial charge in [-0.25, -0.2) is 0 Å². The van der Waals surface area contributed by atoms with E-state index in [-0.39, 0.29) is 5.92 Å². The summed E-state index contributed by atoms with van der Waals surface area (Å²) in [5.41, 5.74) is 0. The van der Waals surface area contributed by atoms with Gasteiger partial charge < -0.3 is 5.32 Å². The fraction of sp³-hybridized carbons (Fsp3) is 0.909. The zero-order chi connectivity index (χ0) is 14.0. The first-order valence-corrected chi connectivity index (χ1v) is 5.91. The first kappa shape index (κ1) is 15.2. The molecule has 1 fully saturated rings. The van der Waals surface area contributed by atoms with E-state index in [9.17, 15) is 26.7 Å². The second kappa shape index (κ2) is 5.40. The highest BCUT2D eigenvalue weighted by Gasteiger charge is 2.63. The molecule has 0 radical (unpaired) electrons. The zero-order valence-electron chi connectivity index (χ0n) is 9.99. The van der Waals surface area contributed by atoms with E-state index in [1.165, 1.54) is 6.92 Å². The number of nitrogens with one attached hydrogen (secondary N) is 1. The predicted molar refractivity (Wildman–Crippen MR) is 55.2 cm³/mol. The number of rotatable bonds is 3. The second-order valence-electron chi connectivity index (χ2n) is 4.73. The van der Waals surface area contributed by atoms with Gasteiger partial charge in [-0.15, -0.1) is 0 Å². The van der Waals surface area contributed by atoms with Gasteiger partial charge >= 0.3 is 18.0 Å². The summed E-state index contributed by atoms with van der Waals surface area (Å²) in [6, 6.07) is -0.661. The molecule has 18 heavy (non-hydrogen) atoms. The molecule has 0 unspecified atom stereocenters. The minimum atomic E-state index is -5.84. The molecular weight excluding hydrogens is 257 g/mol. The number of alkyl halides is 5. The molecule has 0 spiro atoms. The molecule has 106 valence electrons. The number of amides is 1. The van der Waals surface area contributed by atoms with Gasteiger partial charge in [-0.1, -0.05) is 19.3 Å². The molecule has 1 aliphatic carbocycles. The Hall–Kier alpha value is -0.880. The summed E-state index contributed by atoms with van der Waals surface area (Å²) in [4.78, 5) is 11.0. The van der Waals surface area contributed by atoms with Gasteiger partial charge in [0.2, 0.25) is 0 Å². The van der Waals surface area contributed by atoms with E-state index in [0.29, 0.717) is 0 Å². The van der Waals surface area contributed by atoms with Crippen molar-refractivity contribution in [2.75, 3.05) is 0 Å². The van der Waals surface area contributed by atoms with Gasteiger partial charge in [-0.05, 0) is 25.7 Å². The molecule has 2 nitrogen and oxygen atoms in total. The number of hydrogen-bond acceptors (Lipinski definition) is 1. The Morgan fingerprint density at radius 2 is 1.61 bits per heavy atom. The highest BCUT2D eigenvalue weighted by Crippen LogP contribution is 2.36. The largest absolute Gasteiger partial charge is 0.463 e. The molecule has 1 saturated carbocycles. The van der Waals surface area contributed by atoms with Gasteiger partial charge in [0.1, 0.15) is 0 Å². The van der Waals surface area contributed by atoms with Gasteiger partial charge in [0.05, 0.1) is 0 Å². The van der Waals surface area contributed by atoms with Crippen LogP contribution in [0.2, 0.25) is 0 Å². The number of hydrogen-bond donors (Lipinski definition) is 1. The molecular formula is C11H16F5NO. The van der Waals surface area contributed by atoms with Gasteiger partial charge in [-0.2, -0.15) is 22.0 Å². The summed E-state index contributed by atoms with van der Waals surface area (Å²) < 4.78 is 61.3. The smallest absolute Gasteiger partial charge is 0.348 e. The zero-order valence-corrected chi connectivity index (χ0v) is 9.99. The summed E-state index contributed by atoms with van der Waals surface area (Å²) >= 11 is 0. The van der Waals surface area contributed by atoms with Crippen molar-refractivity contribution in [2.45, 2.75) is 57.2 Å². The van der Waals surface area contributed by atoms with Crippen molar-refractivity contribution in [3.05, 3.63) is 0 Å². The van der Waals surface area contributed by atoms with E-state index in [1.807, 2.05) is 0 Å². The lowest BCUT2D eigenvalue weighted by atomic mass is 9.84. The number of carbonyl (C=O) groups excluding carboxylic acids is 1. The van der Waals surface area contributed by atoms with Crippen LogP contribution in [0.25, 0.3) is 0 Å². The van der Waals surface area contributed by atoms with Crippen molar-refractivity contribution in [3.8, 4) is 0 Å². The molecule has 0 aliphatic heterocycles. The molecule has 1 aliphatic rings. The topological polar surface area (TPSA) is 29.1 Å². The van der Waals surface area contributed by atoms with Crippen LogP contribution in [0.1, 0.15) is 39.0 Å². The summed E-state index contributed by atoms with van der Waals surface area (Å²) in [5, 5.41) is 1.79. The maximum Gasteiger partial charge on any atom is 0.463 e. The first-order chi connectivity index (χ1) is 8.16. The minimum absolute atomic E-state index is 0.0215. The maximum absolute atomic E-state index is 12.7. The lowest BCUT2D eigenvalue weighted by molar-refractivity contribution is -0.270.